The second kappa shape index (κ2) is 11.7. The quantitative estimate of drug-likeness (QED) is 0.120. The second-order valence-corrected chi connectivity index (χ2v) is 9.57. The van der Waals surface area contributed by atoms with E-state index in [-0.39, 0.29) is 35.7 Å². The molecular formula is C23H33IN8O4. The fourth-order valence-corrected chi connectivity index (χ4v) is 4.28. The number of imidazole rings is 1. The number of nitrogens with one attached hydrogen (secondary N) is 1. The van der Waals surface area contributed by atoms with Crippen molar-refractivity contribution in [2.45, 2.75) is 43.5 Å². The zero-order valence-electron chi connectivity index (χ0n) is 20.2. The van der Waals surface area contributed by atoms with Crippen LogP contribution in [0.4, 0.5) is 5.82 Å². The van der Waals surface area contributed by atoms with Crippen LogP contribution in [0.15, 0.2) is 43.0 Å². The van der Waals surface area contributed by atoms with Crippen molar-refractivity contribution in [2.24, 2.45) is 5.73 Å². The Morgan fingerprint density at radius 3 is 2.64 bits per heavy atom. The summed E-state index contributed by atoms with van der Waals surface area (Å²) in [4.78, 5) is 24.7. The molecule has 3 heterocycles. The number of halogens is 1. The van der Waals surface area contributed by atoms with E-state index in [4.69, 9.17) is 16.2 Å². The van der Waals surface area contributed by atoms with Gasteiger partial charge in [0.05, 0.1) is 33.0 Å². The minimum atomic E-state index is -1.18. The fourth-order valence-electron chi connectivity index (χ4n) is 4.28. The van der Waals surface area contributed by atoms with E-state index in [0.29, 0.717) is 41.7 Å². The van der Waals surface area contributed by atoms with Crippen LogP contribution in [0.2, 0.25) is 0 Å². The number of likely N-dealkylation sites (N-methyl/N-ethyl adjacent to an activating group) is 1. The van der Waals surface area contributed by atoms with Crippen molar-refractivity contribution in [3.05, 3.63) is 48.5 Å². The summed E-state index contributed by atoms with van der Waals surface area (Å²) in [5, 5.41) is 24.3. The van der Waals surface area contributed by atoms with E-state index in [2.05, 4.69) is 20.3 Å². The summed E-state index contributed by atoms with van der Waals surface area (Å²) < 4.78 is 8.03. The molecule has 7 N–H and O–H groups in total. The average Bonchev–Trinajstić information content (AvgIpc) is 3.39. The number of nitrogens with zero attached hydrogens (tertiary/aromatic N) is 5. The SMILES string of the molecule is C[N+](C)(CC[C@H](N)C(=O)NCc1ccccc1)C[C@H]1O[C@@H](n2cnc3c(N)ncnc32)[C@H](O)[C@@H]1O.[I-]. The van der Waals surface area contributed by atoms with Gasteiger partial charge < -0.3 is 60.2 Å². The summed E-state index contributed by atoms with van der Waals surface area (Å²) in [6.07, 6.45) is -0.595. The highest BCUT2D eigenvalue weighted by atomic mass is 127. The van der Waals surface area contributed by atoms with Gasteiger partial charge in [-0.3, -0.25) is 9.36 Å². The number of ether oxygens (including phenoxy) is 1. The average molecular weight is 612 g/mol. The molecule has 13 heteroatoms. The number of carbonyl (C=O) groups is 1. The number of nitrogens with two attached hydrogens (primary N) is 2. The normalized spacial score (nSPS) is 22.8. The zero-order valence-corrected chi connectivity index (χ0v) is 22.4. The Morgan fingerprint density at radius 2 is 1.92 bits per heavy atom. The highest BCUT2D eigenvalue weighted by molar-refractivity contribution is 5.81. The number of carbonyl (C=O) groups excluding carboxylic acids is 1. The molecule has 0 unspecified atom stereocenters. The van der Waals surface area contributed by atoms with Gasteiger partial charge in [-0.15, -0.1) is 0 Å². The van der Waals surface area contributed by atoms with Gasteiger partial charge in [0.25, 0.3) is 0 Å². The Hall–Kier alpha value is -2.43. The largest absolute Gasteiger partial charge is 1.00 e. The van der Waals surface area contributed by atoms with Gasteiger partial charge in [0.1, 0.15) is 36.7 Å². The molecule has 1 aromatic carbocycles. The van der Waals surface area contributed by atoms with Crippen LogP contribution in [0.3, 0.4) is 0 Å². The minimum Gasteiger partial charge on any atom is -1.00 e. The summed E-state index contributed by atoms with van der Waals surface area (Å²) in [6.45, 7) is 1.40. The number of benzene rings is 1. The third-order valence-electron chi connectivity index (χ3n) is 6.36. The van der Waals surface area contributed by atoms with Gasteiger partial charge in [0.15, 0.2) is 17.7 Å². The molecule has 1 fully saturated rings. The van der Waals surface area contributed by atoms with E-state index in [1.165, 1.54) is 12.7 Å². The monoisotopic (exact) mass is 612 g/mol. The molecule has 1 aliphatic rings. The molecule has 5 atom stereocenters. The first-order chi connectivity index (χ1) is 16.7. The topological polar surface area (TPSA) is 174 Å². The maximum atomic E-state index is 12.4. The summed E-state index contributed by atoms with van der Waals surface area (Å²) in [6, 6.07) is 8.97. The molecule has 0 saturated carbocycles. The number of aliphatic hydroxyl groups is 2. The molecule has 12 nitrogen and oxygen atoms in total. The lowest BCUT2D eigenvalue weighted by Gasteiger charge is -2.33. The van der Waals surface area contributed by atoms with Crippen LogP contribution in [-0.4, -0.2) is 91.7 Å². The van der Waals surface area contributed by atoms with Crippen molar-refractivity contribution in [1.82, 2.24) is 24.8 Å². The van der Waals surface area contributed by atoms with E-state index < -0.39 is 30.6 Å². The number of nitrogen functional groups attached to an aromatic ring is 1. The van der Waals surface area contributed by atoms with Crippen LogP contribution in [0, 0.1) is 0 Å². The number of quaternary nitrogens is 1. The third-order valence-corrected chi connectivity index (χ3v) is 6.36. The lowest BCUT2D eigenvalue weighted by Crippen LogP contribution is -3.00. The highest BCUT2D eigenvalue weighted by Gasteiger charge is 2.47. The predicted molar refractivity (Wildman–Crippen MR) is 128 cm³/mol. The molecule has 196 valence electrons. The standard InChI is InChI=1S/C23H32N8O4.HI/c1-31(2,9-8-15(24)22(34)26-10-14-6-4-3-5-7-14)11-16-18(32)19(33)23(35-16)30-13-29-17-20(25)27-12-28-21(17)30;/h3-7,12-13,15-16,18-19,23,32-33H,8-11,24H2,1-2H3,(H2-,25,26,27,28,34);1H/t15-,16+,18+,19+,23+;/m0./s1. The smallest absolute Gasteiger partial charge is 0.237 e. The van der Waals surface area contributed by atoms with Crippen LogP contribution >= 0.6 is 0 Å². The third kappa shape index (κ3) is 6.27. The predicted octanol–water partition coefficient (Wildman–Crippen LogP) is -3.86. The number of anilines is 1. The Bertz CT molecular complexity index is 1160. The summed E-state index contributed by atoms with van der Waals surface area (Å²) in [7, 11) is 3.93. The van der Waals surface area contributed by atoms with Gasteiger partial charge in [0.2, 0.25) is 5.91 Å². The first kappa shape index (κ1) is 28.1. The van der Waals surface area contributed by atoms with E-state index in [0.717, 1.165) is 5.56 Å². The maximum absolute atomic E-state index is 12.4. The molecule has 0 spiro atoms. The fraction of sp³-hybridized carbons (Fsp3) is 0.478. The van der Waals surface area contributed by atoms with Crippen molar-refractivity contribution in [2.75, 3.05) is 32.9 Å². The van der Waals surface area contributed by atoms with Crippen molar-refractivity contribution < 1.29 is 48.2 Å². The van der Waals surface area contributed by atoms with Gasteiger partial charge in [-0.25, -0.2) is 15.0 Å². The first-order valence-electron chi connectivity index (χ1n) is 11.5. The molecule has 0 bridgehead atoms. The Labute approximate surface area is 226 Å². The molecule has 1 aliphatic heterocycles. The number of hydrogen-bond acceptors (Lipinski definition) is 9. The number of amides is 1. The van der Waals surface area contributed by atoms with Gasteiger partial charge in [-0.1, -0.05) is 30.3 Å². The van der Waals surface area contributed by atoms with Gasteiger partial charge >= 0.3 is 0 Å². The van der Waals surface area contributed by atoms with Crippen LogP contribution < -0.4 is 40.8 Å². The molecular weight excluding hydrogens is 579 g/mol. The summed E-state index contributed by atoms with van der Waals surface area (Å²) >= 11 is 0. The van der Waals surface area contributed by atoms with E-state index in [1.54, 1.807) is 4.57 Å². The van der Waals surface area contributed by atoms with Crippen LogP contribution in [0.5, 0.6) is 0 Å². The second-order valence-electron chi connectivity index (χ2n) is 9.57. The van der Waals surface area contributed by atoms with Crippen LogP contribution in [0.1, 0.15) is 18.2 Å². The minimum absolute atomic E-state index is 0. The number of rotatable bonds is 9. The molecule has 36 heavy (non-hydrogen) atoms. The summed E-state index contributed by atoms with van der Waals surface area (Å²) in [5.41, 5.74) is 13.8. The molecule has 1 amide bonds. The highest BCUT2D eigenvalue weighted by Crippen LogP contribution is 2.32. The lowest BCUT2D eigenvalue weighted by molar-refractivity contribution is -0.893. The van der Waals surface area contributed by atoms with Crippen molar-refractivity contribution in [3.63, 3.8) is 0 Å². The zero-order chi connectivity index (χ0) is 25.2. The lowest BCUT2D eigenvalue weighted by atomic mass is 10.1. The van der Waals surface area contributed by atoms with Crippen molar-refractivity contribution in [1.29, 1.82) is 0 Å². The number of fused-ring (bicyclic) bond motifs is 1. The Kier molecular flexibility index (Phi) is 9.18. The first-order valence-corrected chi connectivity index (χ1v) is 11.5. The van der Waals surface area contributed by atoms with Gasteiger partial charge in [0, 0.05) is 13.0 Å². The van der Waals surface area contributed by atoms with Gasteiger partial charge in [-0.2, -0.15) is 0 Å². The van der Waals surface area contributed by atoms with E-state index >= 15 is 0 Å². The van der Waals surface area contributed by atoms with Crippen LogP contribution in [0.25, 0.3) is 11.2 Å². The van der Waals surface area contributed by atoms with E-state index in [9.17, 15) is 15.0 Å². The van der Waals surface area contributed by atoms with Crippen molar-refractivity contribution >= 4 is 22.9 Å². The van der Waals surface area contributed by atoms with Crippen LogP contribution in [-0.2, 0) is 16.1 Å². The maximum Gasteiger partial charge on any atom is 0.237 e. The Morgan fingerprint density at radius 1 is 1.19 bits per heavy atom. The molecule has 0 radical (unpaired) electrons. The molecule has 4 rings (SSSR count). The number of aliphatic hydroxyl groups excluding tert-OH is 2. The molecule has 1 saturated heterocycles. The number of hydrogen-bond donors (Lipinski definition) is 5. The molecule has 0 aliphatic carbocycles. The Balaban J connectivity index is 0.00000361. The summed E-state index contributed by atoms with van der Waals surface area (Å²) in [5.74, 6) is 0.00928. The van der Waals surface area contributed by atoms with Gasteiger partial charge in [-0.05, 0) is 5.56 Å². The van der Waals surface area contributed by atoms with E-state index in [1.807, 2.05) is 44.4 Å². The van der Waals surface area contributed by atoms with Crippen molar-refractivity contribution in [3.8, 4) is 0 Å². The molecule has 2 aromatic heterocycles. The molecule has 3 aromatic rings. The number of aromatic nitrogens is 4.